The third kappa shape index (κ3) is 10.0. The summed E-state index contributed by atoms with van der Waals surface area (Å²) in [6, 6.07) is 18.5. The number of hydroxylamine groups is 1. The van der Waals surface area contributed by atoms with Crippen LogP contribution in [-0.2, 0) is 32.3 Å². The molecule has 1 atom stereocenters. The van der Waals surface area contributed by atoms with Crippen molar-refractivity contribution >= 4 is 12.1 Å². The third-order valence-electron chi connectivity index (χ3n) is 3.87. The maximum Gasteiger partial charge on any atom is 0.407 e. The van der Waals surface area contributed by atoms with E-state index in [1.165, 1.54) is 0 Å². The minimum absolute atomic E-state index is 0.0328. The molecule has 0 saturated heterocycles. The molecule has 7 nitrogen and oxygen atoms in total. The first-order valence-electron chi connectivity index (χ1n) is 9.89. The van der Waals surface area contributed by atoms with Crippen molar-refractivity contribution in [2.24, 2.45) is 0 Å². The lowest BCUT2D eigenvalue weighted by molar-refractivity contribution is -0.156. The fraction of sp³-hybridized carbons (Fsp3) is 0.391. The van der Waals surface area contributed by atoms with Crippen LogP contribution in [0.15, 0.2) is 60.7 Å². The Morgan fingerprint density at radius 3 is 2.03 bits per heavy atom. The van der Waals surface area contributed by atoms with Crippen molar-refractivity contribution in [2.45, 2.75) is 52.0 Å². The van der Waals surface area contributed by atoms with E-state index in [1.54, 1.807) is 20.8 Å². The minimum Gasteiger partial charge on any atom is -0.460 e. The van der Waals surface area contributed by atoms with Crippen molar-refractivity contribution < 1.29 is 23.9 Å². The standard InChI is InChI=1S/C23H30N2O5/c1-23(2,3)30-21(26)14-20(25-29-17-19-12-8-5-9-13-19)15-24-22(27)28-16-18-10-6-4-7-11-18/h4-13,20,25H,14-17H2,1-3H3,(H,24,27). The molecule has 0 aromatic heterocycles. The molecule has 7 heteroatoms. The van der Waals surface area contributed by atoms with E-state index in [4.69, 9.17) is 14.3 Å². The summed E-state index contributed by atoms with van der Waals surface area (Å²) in [4.78, 5) is 29.7. The van der Waals surface area contributed by atoms with E-state index < -0.39 is 17.7 Å². The molecular formula is C23H30N2O5. The van der Waals surface area contributed by atoms with Crippen molar-refractivity contribution in [3.05, 3.63) is 71.8 Å². The summed E-state index contributed by atoms with van der Waals surface area (Å²) in [7, 11) is 0. The summed E-state index contributed by atoms with van der Waals surface area (Å²) in [6.07, 6.45) is -0.539. The van der Waals surface area contributed by atoms with Crippen LogP contribution in [-0.4, -0.2) is 30.3 Å². The zero-order valence-corrected chi connectivity index (χ0v) is 17.7. The first-order valence-corrected chi connectivity index (χ1v) is 9.89. The number of nitrogens with one attached hydrogen (secondary N) is 2. The van der Waals surface area contributed by atoms with Gasteiger partial charge in [-0.1, -0.05) is 60.7 Å². The van der Waals surface area contributed by atoms with Crippen molar-refractivity contribution in [1.29, 1.82) is 0 Å². The van der Waals surface area contributed by atoms with Crippen LogP contribution in [0.25, 0.3) is 0 Å². The average molecular weight is 415 g/mol. The van der Waals surface area contributed by atoms with Gasteiger partial charge in [-0.25, -0.2) is 4.79 Å². The number of carbonyl (C=O) groups excluding carboxylic acids is 2. The van der Waals surface area contributed by atoms with Crippen LogP contribution in [0.2, 0.25) is 0 Å². The van der Waals surface area contributed by atoms with Gasteiger partial charge in [0.25, 0.3) is 0 Å². The van der Waals surface area contributed by atoms with Crippen molar-refractivity contribution in [1.82, 2.24) is 10.8 Å². The fourth-order valence-corrected chi connectivity index (χ4v) is 2.54. The molecule has 0 radical (unpaired) electrons. The van der Waals surface area contributed by atoms with E-state index in [0.717, 1.165) is 11.1 Å². The number of amides is 1. The fourth-order valence-electron chi connectivity index (χ4n) is 2.54. The van der Waals surface area contributed by atoms with Gasteiger partial charge in [-0.15, -0.1) is 0 Å². The van der Waals surface area contributed by atoms with Crippen LogP contribution >= 0.6 is 0 Å². The maximum atomic E-state index is 12.2. The molecule has 0 saturated carbocycles. The Morgan fingerprint density at radius 2 is 1.47 bits per heavy atom. The van der Waals surface area contributed by atoms with E-state index in [0.29, 0.717) is 6.61 Å². The Balaban J connectivity index is 1.82. The SMILES string of the molecule is CC(C)(C)OC(=O)CC(CNC(=O)OCc1ccccc1)NOCc1ccccc1. The molecule has 1 unspecified atom stereocenters. The topological polar surface area (TPSA) is 85.9 Å². The highest BCUT2D eigenvalue weighted by molar-refractivity contribution is 5.71. The summed E-state index contributed by atoms with van der Waals surface area (Å²) in [5.41, 5.74) is 4.13. The highest BCUT2D eigenvalue weighted by Gasteiger charge is 2.21. The second-order valence-electron chi connectivity index (χ2n) is 7.82. The molecule has 30 heavy (non-hydrogen) atoms. The monoisotopic (exact) mass is 414 g/mol. The van der Waals surface area contributed by atoms with Crippen LogP contribution < -0.4 is 10.8 Å². The number of benzene rings is 2. The predicted octanol–water partition coefficient (Wildman–Crippen LogP) is 3.73. The predicted molar refractivity (Wildman–Crippen MR) is 113 cm³/mol. The number of rotatable bonds is 10. The van der Waals surface area contributed by atoms with Gasteiger partial charge in [-0.05, 0) is 31.9 Å². The molecular weight excluding hydrogens is 384 g/mol. The van der Waals surface area contributed by atoms with E-state index in [-0.39, 0.29) is 25.5 Å². The van der Waals surface area contributed by atoms with E-state index in [1.807, 2.05) is 60.7 Å². The largest absolute Gasteiger partial charge is 0.460 e. The normalized spacial score (nSPS) is 12.1. The number of hydrogen-bond acceptors (Lipinski definition) is 6. The highest BCUT2D eigenvalue weighted by Crippen LogP contribution is 2.10. The number of esters is 1. The Hall–Kier alpha value is -2.90. The molecule has 1 amide bonds. The van der Waals surface area contributed by atoms with Gasteiger partial charge in [0.1, 0.15) is 12.2 Å². The second kappa shape index (κ2) is 11.9. The molecule has 162 valence electrons. The Morgan fingerprint density at radius 1 is 0.900 bits per heavy atom. The van der Waals surface area contributed by atoms with Crippen LogP contribution in [0.1, 0.15) is 38.3 Å². The van der Waals surface area contributed by atoms with Gasteiger partial charge in [-0.2, -0.15) is 5.48 Å². The number of ether oxygens (including phenoxy) is 2. The molecule has 0 fully saturated rings. The molecule has 0 heterocycles. The Bertz CT molecular complexity index is 775. The molecule has 0 aliphatic carbocycles. The highest BCUT2D eigenvalue weighted by atomic mass is 16.6. The van der Waals surface area contributed by atoms with Crippen LogP contribution in [0.3, 0.4) is 0 Å². The Labute approximate surface area is 177 Å². The molecule has 0 spiro atoms. The van der Waals surface area contributed by atoms with Gasteiger partial charge in [-0.3, -0.25) is 9.63 Å². The van der Waals surface area contributed by atoms with Gasteiger partial charge in [0, 0.05) is 6.54 Å². The van der Waals surface area contributed by atoms with Crippen LogP contribution in [0.5, 0.6) is 0 Å². The smallest absolute Gasteiger partial charge is 0.407 e. The van der Waals surface area contributed by atoms with Gasteiger partial charge >= 0.3 is 12.1 Å². The Kier molecular flexibility index (Phi) is 9.31. The molecule has 0 bridgehead atoms. The van der Waals surface area contributed by atoms with Crippen molar-refractivity contribution in [2.75, 3.05) is 6.54 Å². The number of alkyl carbamates (subject to hydrolysis) is 1. The van der Waals surface area contributed by atoms with Crippen molar-refractivity contribution in [3.63, 3.8) is 0 Å². The summed E-state index contributed by atoms with van der Waals surface area (Å²) in [5.74, 6) is -0.386. The third-order valence-corrected chi connectivity index (χ3v) is 3.87. The van der Waals surface area contributed by atoms with E-state index >= 15 is 0 Å². The molecule has 2 rings (SSSR count). The van der Waals surface area contributed by atoms with Gasteiger partial charge in [0.05, 0.1) is 19.1 Å². The average Bonchev–Trinajstić information content (AvgIpc) is 2.70. The summed E-state index contributed by atoms with van der Waals surface area (Å²) in [5, 5.41) is 2.66. The summed E-state index contributed by atoms with van der Waals surface area (Å²) in [6.45, 7) is 6.04. The molecule has 2 aromatic carbocycles. The molecule has 0 aliphatic rings. The van der Waals surface area contributed by atoms with Crippen LogP contribution in [0.4, 0.5) is 4.79 Å². The second-order valence-corrected chi connectivity index (χ2v) is 7.82. The molecule has 2 aromatic rings. The first-order chi connectivity index (χ1) is 14.3. The number of carbonyl (C=O) groups is 2. The maximum absolute atomic E-state index is 12.2. The molecule has 2 N–H and O–H groups in total. The zero-order valence-electron chi connectivity index (χ0n) is 17.7. The number of hydrogen-bond donors (Lipinski definition) is 2. The van der Waals surface area contributed by atoms with Crippen molar-refractivity contribution in [3.8, 4) is 0 Å². The van der Waals surface area contributed by atoms with Crippen LogP contribution in [0, 0.1) is 0 Å². The lowest BCUT2D eigenvalue weighted by atomic mass is 10.1. The van der Waals surface area contributed by atoms with E-state index in [9.17, 15) is 9.59 Å². The van der Waals surface area contributed by atoms with Gasteiger partial charge in [0.2, 0.25) is 0 Å². The lowest BCUT2D eigenvalue weighted by Crippen LogP contribution is -2.43. The van der Waals surface area contributed by atoms with Gasteiger partial charge in [0.15, 0.2) is 0 Å². The lowest BCUT2D eigenvalue weighted by Gasteiger charge is -2.23. The van der Waals surface area contributed by atoms with Gasteiger partial charge < -0.3 is 14.8 Å². The first kappa shape index (κ1) is 23.4. The van der Waals surface area contributed by atoms with E-state index in [2.05, 4.69) is 10.8 Å². The zero-order chi connectivity index (χ0) is 21.8. The summed E-state index contributed by atoms with van der Waals surface area (Å²) >= 11 is 0. The molecule has 0 aliphatic heterocycles. The minimum atomic E-state index is -0.589. The summed E-state index contributed by atoms with van der Waals surface area (Å²) < 4.78 is 10.6. The quantitative estimate of drug-likeness (QED) is 0.455.